The van der Waals surface area contributed by atoms with Crippen LogP contribution in [-0.4, -0.2) is 18.1 Å². The molecule has 0 bridgehead atoms. The molecular weight excluding hydrogens is 971 g/mol. The molecule has 2 aliphatic carbocycles. The highest BCUT2D eigenvalue weighted by molar-refractivity contribution is 6.53. The number of cyclic esters (lactones) is 1. The highest BCUT2D eigenvalue weighted by Gasteiger charge is 2.49. The van der Waals surface area contributed by atoms with Crippen molar-refractivity contribution in [3.05, 3.63) is 173 Å². The van der Waals surface area contributed by atoms with Gasteiger partial charge in [-0.15, -0.1) is 0 Å². The number of hydrogen-bond donors (Lipinski definition) is 2. The predicted octanol–water partition coefficient (Wildman–Crippen LogP) is 19.5. The number of aryl methyl sites for hydroxylation is 4. The van der Waals surface area contributed by atoms with E-state index in [9.17, 15) is 4.79 Å². The minimum absolute atomic E-state index is 0.0110. The van der Waals surface area contributed by atoms with E-state index in [4.69, 9.17) is 51.1 Å². The molecule has 2 fully saturated rings. The SMILES string of the molecule is CCCCc1ccc(C(=CC2(C=C(c3ccc(CCCC)cc3)c3ccc(C)cc3NC3CC(C)CC(C)(C)C3)OC(=O)c3c(Cl)c(Cl)c(Cl)c(Cl)c32)c2ccc(C)cc2NC2CC(C)CC(C)(C)C2)cc1. The number of anilines is 2. The summed E-state index contributed by atoms with van der Waals surface area (Å²) < 4.78 is 6.98. The van der Waals surface area contributed by atoms with Crippen molar-refractivity contribution >= 4 is 74.9 Å². The zero-order chi connectivity index (χ0) is 51.7. The Morgan fingerprint density at radius 3 is 1.42 bits per heavy atom. The van der Waals surface area contributed by atoms with Gasteiger partial charge >= 0.3 is 5.97 Å². The van der Waals surface area contributed by atoms with Gasteiger partial charge in [0.25, 0.3) is 0 Å². The summed E-state index contributed by atoms with van der Waals surface area (Å²) in [6.45, 7) is 23.0. The lowest BCUT2D eigenvalue weighted by molar-refractivity contribution is 0.0300. The van der Waals surface area contributed by atoms with E-state index in [2.05, 4.69) is 177 Å². The van der Waals surface area contributed by atoms with Crippen LogP contribution in [0, 0.1) is 36.5 Å². The van der Waals surface area contributed by atoms with E-state index in [1.807, 2.05) is 0 Å². The van der Waals surface area contributed by atoms with Gasteiger partial charge < -0.3 is 15.4 Å². The van der Waals surface area contributed by atoms with Crippen molar-refractivity contribution in [1.82, 2.24) is 0 Å². The van der Waals surface area contributed by atoms with Gasteiger partial charge in [-0.2, -0.15) is 0 Å². The third kappa shape index (κ3) is 12.2. The number of carbonyl (C=O) groups is 1. The average Bonchev–Trinajstić information content (AvgIpc) is 3.60. The number of benzene rings is 5. The molecule has 4 atom stereocenters. The zero-order valence-corrected chi connectivity index (χ0v) is 47.4. The molecule has 0 spiro atoms. The summed E-state index contributed by atoms with van der Waals surface area (Å²) in [4.78, 5) is 14.9. The first-order valence-electron chi connectivity index (χ1n) is 26.7. The number of carbonyl (C=O) groups excluding carboxylic acids is 1. The number of esters is 1. The van der Waals surface area contributed by atoms with E-state index < -0.39 is 11.6 Å². The van der Waals surface area contributed by atoms with Gasteiger partial charge in [0.05, 0.1) is 25.7 Å². The van der Waals surface area contributed by atoms with Crippen molar-refractivity contribution in [1.29, 1.82) is 0 Å². The number of unbranched alkanes of at least 4 members (excludes halogenated alkanes) is 2. The van der Waals surface area contributed by atoms with Crippen LogP contribution >= 0.6 is 46.4 Å². The van der Waals surface area contributed by atoms with Crippen molar-refractivity contribution in [2.75, 3.05) is 10.6 Å². The summed E-state index contributed by atoms with van der Waals surface area (Å²) in [5, 5.41) is 8.37. The van der Waals surface area contributed by atoms with E-state index in [-0.39, 0.29) is 48.6 Å². The Kier molecular flexibility index (Phi) is 16.8. The summed E-state index contributed by atoms with van der Waals surface area (Å²) in [6, 6.07) is 31.5. The monoisotopic (exact) mass is 1040 g/mol. The summed E-state index contributed by atoms with van der Waals surface area (Å²) in [6.07, 6.45) is 17.2. The van der Waals surface area contributed by atoms with Crippen molar-refractivity contribution in [3.63, 3.8) is 0 Å². The van der Waals surface area contributed by atoms with Gasteiger partial charge in [0.1, 0.15) is 0 Å². The van der Waals surface area contributed by atoms with Crippen LogP contribution < -0.4 is 10.6 Å². The normalized spacial score (nSPS) is 22.9. The highest BCUT2D eigenvalue weighted by atomic mass is 35.5. The second-order valence-corrected chi connectivity index (χ2v) is 25.0. The molecule has 0 amide bonds. The second kappa shape index (κ2) is 22.3. The van der Waals surface area contributed by atoms with Crippen LogP contribution in [0.25, 0.3) is 11.1 Å². The van der Waals surface area contributed by atoms with Gasteiger partial charge in [-0.1, -0.05) is 187 Å². The van der Waals surface area contributed by atoms with Crippen LogP contribution in [0.15, 0.2) is 97.1 Å². The molecule has 5 aromatic carbocycles. The molecule has 1 heterocycles. The fourth-order valence-electron chi connectivity index (χ4n) is 12.6. The average molecular weight is 1050 g/mol. The topological polar surface area (TPSA) is 50.4 Å². The maximum atomic E-state index is 14.9. The molecule has 0 aromatic heterocycles. The van der Waals surface area contributed by atoms with Gasteiger partial charge in [-0.3, -0.25) is 0 Å². The van der Waals surface area contributed by atoms with Crippen LogP contribution in [0.3, 0.4) is 0 Å². The Balaban J connectivity index is 1.45. The first-order valence-corrected chi connectivity index (χ1v) is 28.2. The number of fused-ring (bicyclic) bond motifs is 1. The van der Waals surface area contributed by atoms with Gasteiger partial charge in [0.2, 0.25) is 0 Å². The summed E-state index contributed by atoms with van der Waals surface area (Å²) in [5.74, 6) is 0.516. The molecule has 5 aromatic rings. The molecule has 0 saturated heterocycles. The van der Waals surface area contributed by atoms with E-state index in [0.29, 0.717) is 17.4 Å². The van der Waals surface area contributed by atoms with Gasteiger partial charge in [-0.05, 0) is 170 Å². The standard InChI is InChI=1S/C64H76Cl4N2O2/c1-11-13-15-43-19-23-45(24-20-43)51(49-27-17-39(3)31-53(49)69-47-29-41(5)33-62(7,8)35-47)37-64(56-55(61(71)72-64)57(65)59(67)60(68)58(56)66)38-52(46-25-21-44(22-26-46)16-14-12-2)50-28-18-40(4)32-54(50)70-48-30-42(6)34-63(9,10)36-48/h17-28,31-32,37-38,41-42,47-48,69-70H,11-16,29-30,33-36H2,1-10H3. The lowest BCUT2D eigenvalue weighted by Crippen LogP contribution is -2.35. The number of ether oxygens (including phenoxy) is 1. The largest absolute Gasteiger partial charge is 0.442 e. The van der Waals surface area contributed by atoms with Crippen molar-refractivity contribution in [3.8, 4) is 0 Å². The molecule has 2 N–H and O–H groups in total. The Morgan fingerprint density at radius 1 is 0.597 bits per heavy atom. The molecule has 382 valence electrons. The Bertz CT molecular complexity index is 2690. The smallest absolute Gasteiger partial charge is 0.341 e. The van der Waals surface area contributed by atoms with Gasteiger partial charge in [-0.25, -0.2) is 4.79 Å². The zero-order valence-electron chi connectivity index (χ0n) is 44.4. The highest BCUT2D eigenvalue weighted by Crippen LogP contribution is 2.54. The maximum absolute atomic E-state index is 14.9. The fourth-order valence-corrected chi connectivity index (χ4v) is 13.7. The second-order valence-electron chi connectivity index (χ2n) is 23.5. The first-order chi connectivity index (χ1) is 34.2. The quantitative estimate of drug-likeness (QED) is 0.0587. The molecule has 72 heavy (non-hydrogen) atoms. The van der Waals surface area contributed by atoms with Crippen molar-refractivity contribution < 1.29 is 9.53 Å². The van der Waals surface area contributed by atoms with Crippen LogP contribution in [0.5, 0.6) is 0 Å². The molecular formula is C64H76Cl4N2O2. The molecule has 0 radical (unpaired) electrons. The first kappa shape index (κ1) is 54.1. The predicted molar refractivity (Wildman–Crippen MR) is 309 cm³/mol. The minimum atomic E-state index is -1.65. The van der Waals surface area contributed by atoms with Crippen LogP contribution in [0.4, 0.5) is 11.4 Å². The third-order valence-electron chi connectivity index (χ3n) is 15.4. The Hall–Kier alpha value is -4.19. The molecule has 4 nitrogen and oxygen atoms in total. The molecule has 4 unspecified atom stereocenters. The van der Waals surface area contributed by atoms with Crippen LogP contribution in [0.2, 0.25) is 20.1 Å². The van der Waals surface area contributed by atoms with Crippen LogP contribution in [0.1, 0.15) is 180 Å². The van der Waals surface area contributed by atoms with Crippen molar-refractivity contribution in [2.45, 2.75) is 164 Å². The van der Waals surface area contributed by atoms with E-state index in [1.165, 1.54) is 24.0 Å². The number of hydrogen-bond acceptors (Lipinski definition) is 4. The van der Waals surface area contributed by atoms with E-state index in [1.54, 1.807) is 0 Å². The lowest BCUT2D eigenvalue weighted by Gasteiger charge is -2.40. The summed E-state index contributed by atoms with van der Waals surface area (Å²) in [7, 11) is 0. The van der Waals surface area contributed by atoms with Gasteiger partial charge in [0, 0.05) is 40.1 Å². The van der Waals surface area contributed by atoms with Crippen LogP contribution in [-0.2, 0) is 23.2 Å². The van der Waals surface area contributed by atoms with Crippen molar-refractivity contribution in [2.24, 2.45) is 22.7 Å². The molecule has 8 heteroatoms. The Labute approximate surface area is 451 Å². The van der Waals surface area contributed by atoms with E-state index >= 15 is 0 Å². The number of rotatable bonds is 16. The number of halogens is 4. The maximum Gasteiger partial charge on any atom is 0.341 e. The lowest BCUT2D eigenvalue weighted by atomic mass is 9.70. The molecule has 3 aliphatic rings. The summed E-state index contributed by atoms with van der Waals surface area (Å²) in [5.41, 5.74) is 11.7. The van der Waals surface area contributed by atoms with Gasteiger partial charge in [0.15, 0.2) is 5.60 Å². The number of nitrogens with one attached hydrogen (secondary N) is 2. The molecule has 2 saturated carbocycles. The molecule has 1 aliphatic heterocycles. The Morgan fingerprint density at radius 2 is 1.01 bits per heavy atom. The van der Waals surface area contributed by atoms with E-state index in [0.717, 1.165) is 120 Å². The fraction of sp³-hybridized carbons (Fsp3) is 0.453. The third-order valence-corrected chi connectivity index (χ3v) is 17.2. The minimum Gasteiger partial charge on any atom is -0.442 e. The summed E-state index contributed by atoms with van der Waals surface area (Å²) >= 11 is 28.6. The molecule has 8 rings (SSSR count).